The maximum Gasteiger partial charge on any atom is 0.277 e. The van der Waals surface area contributed by atoms with Crippen molar-refractivity contribution in [1.82, 2.24) is 9.97 Å². The van der Waals surface area contributed by atoms with Crippen LogP contribution in [0.1, 0.15) is 28.7 Å². The van der Waals surface area contributed by atoms with Crippen molar-refractivity contribution in [2.24, 2.45) is 0 Å². The van der Waals surface area contributed by atoms with Gasteiger partial charge in [0, 0.05) is 24.5 Å². The van der Waals surface area contributed by atoms with Crippen LogP contribution in [0.25, 0.3) is 0 Å². The standard InChI is InChI=1S/C22H24N4O/c1-3-26(19-12-8-5-9-13-19)21(27)20-16-17(2)24-22(25-20)23-15-14-18-10-6-4-7-11-18/h4-13,16H,3,14-15H2,1-2H3,(H,23,24,25). The molecule has 3 rings (SSSR count). The Labute approximate surface area is 160 Å². The lowest BCUT2D eigenvalue weighted by atomic mass is 10.1. The molecular weight excluding hydrogens is 336 g/mol. The highest BCUT2D eigenvalue weighted by atomic mass is 16.2. The van der Waals surface area contributed by atoms with Gasteiger partial charge in [0.05, 0.1) is 0 Å². The first-order valence-electron chi connectivity index (χ1n) is 9.17. The Morgan fingerprint density at radius 1 is 1.00 bits per heavy atom. The number of carbonyl (C=O) groups excluding carboxylic acids is 1. The highest BCUT2D eigenvalue weighted by Crippen LogP contribution is 2.17. The third-order valence-corrected chi connectivity index (χ3v) is 4.24. The zero-order chi connectivity index (χ0) is 19.1. The van der Waals surface area contributed by atoms with E-state index in [1.165, 1.54) is 5.56 Å². The minimum Gasteiger partial charge on any atom is -0.354 e. The Balaban J connectivity index is 1.73. The molecule has 27 heavy (non-hydrogen) atoms. The number of amides is 1. The molecule has 1 aromatic heterocycles. The van der Waals surface area contributed by atoms with Crippen LogP contribution in [0, 0.1) is 6.92 Å². The van der Waals surface area contributed by atoms with E-state index in [2.05, 4.69) is 27.4 Å². The van der Waals surface area contributed by atoms with E-state index in [1.54, 1.807) is 11.0 Å². The van der Waals surface area contributed by atoms with Gasteiger partial charge < -0.3 is 10.2 Å². The molecule has 0 atom stereocenters. The predicted octanol–water partition coefficient (Wildman–Crippen LogP) is 4.11. The van der Waals surface area contributed by atoms with Crippen LogP contribution < -0.4 is 10.2 Å². The number of benzene rings is 2. The van der Waals surface area contributed by atoms with Crippen LogP contribution in [0.15, 0.2) is 66.7 Å². The molecule has 1 amide bonds. The van der Waals surface area contributed by atoms with Crippen molar-refractivity contribution in [3.05, 3.63) is 83.7 Å². The fraction of sp³-hybridized carbons (Fsp3) is 0.227. The molecule has 0 aliphatic carbocycles. The Morgan fingerprint density at radius 2 is 1.67 bits per heavy atom. The molecule has 0 saturated carbocycles. The molecule has 0 bridgehead atoms. The SMILES string of the molecule is CCN(C(=O)c1cc(C)nc(NCCc2ccccc2)n1)c1ccccc1. The summed E-state index contributed by atoms with van der Waals surface area (Å²) in [6.45, 7) is 5.11. The second kappa shape index (κ2) is 8.94. The molecule has 0 radical (unpaired) electrons. The second-order valence-electron chi connectivity index (χ2n) is 6.27. The number of carbonyl (C=O) groups is 1. The van der Waals surface area contributed by atoms with E-state index < -0.39 is 0 Å². The number of hydrogen-bond donors (Lipinski definition) is 1. The van der Waals surface area contributed by atoms with Gasteiger partial charge in [-0.15, -0.1) is 0 Å². The van der Waals surface area contributed by atoms with Gasteiger partial charge in [0.1, 0.15) is 5.69 Å². The van der Waals surface area contributed by atoms with Gasteiger partial charge >= 0.3 is 0 Å². The summed E-state index contributed by atoms with van der Waals surface area (Å²) < 4.78 is 0. The summed E-state index contributed by atoms with van der Waals surface area (Å²) in [7, 11) is 0. The normalized spacial score (nSPS) is 10.4. The van der Waals surface area contributed by atoms with Crippen LogP contribution >= 0.6 is 0 Å². The van der Waals surface area contributed by atoms with Crippen LogP contribution in [0.3, 0.4) is 0 Å². The van der Waals surface area contributed by atoms with E-state index in [0.717, 1.165) is 17.8 Å². The monoisotopic (exact) mass is 360 g/mol. The number of nitrogens with zero attached hydrogens (tertiary/aromatic N) is 3. The molecule has 0 fully saturated rings. The van der Waals surface area contributed by atoms with Crippen LogP contribution in [0.4, 0.5) is 11.6 Å². The number of para-hydroxylation sites is 1. The maximum atomic E-state index is 13.0. The van der Waals surface area contributed by atoms with Crippen molar-refractivity contribution in [2.75, 3.05) is 23.3 Å². The van der Waals surface area contributed by atoms with Gasteiger partial charge in [-0.3, -0.25) is 4.79 Å². The maximum absolute atomic E-state index is 13.0. The minimum absolute atomic E-state index is 0.125. The number of aromatic nitrogens is 2. The third-order valence-electron chi connectivity index (χ3n) is 4.24. The minimum atomic E-state index is -0.125. The molecule has 0 spiro atoms. The van der Waals surface area contributed by atoms with E-state index in [0.29, 0.717) is 24.7 Å². The largest absolute Gasteiger partial charge is 0.354 e. The Morgan fingerprint density at radius 3 is 2.33 bits per heavy atom. The van der Waals surface area contributed by atoms with Crippen LogP contribution in [-0.2, 0) is 6.42 Å². The summed E-state index contributed by atoms with van der Waals surface area (Å²) in [5, 5.41) is 3.23. The molecule has 1 heterocycles. The van der Waals surface area contributed by atoms with Gasteiger partial charge in [0.25, 0.3) is 5.91 Å². The van der Waals surface area contributed by atoms with Crippen LogP contribution in [0.2, 0.25) is 0 Å². The number of rotatable bonds is 7. The van der Waals surface area contributed by atoms with Gasteiger partial charge in [0.15, 0.2) is 0 Å². The van der Waals surface area contributed by atoms with Crippen molar-refractivity contribution in [3.8, 4) is 0 Å². The highest BCUT2D eigenvalue weighted by Gasteiger charge is 2.18. The van der Waals surface area contributed by atoms with E-state index in [-0.39, 0.29) is 5.91 Å². The molecule has 1 N–H and O–H groups in total. The first kappa shape index (κ1) is 18.6. The summed E-state index contributed by atoms with van der Waals surface area (Å²) in [6.07, 6.45) is 0.868. The topological polar surface area (TPSA) is 58.1 Å². The Hall–Kier alpha value is -3.21. The molecule has 0 unspecified atom stereocenters. The molecule has 138 valence electrons. The molecule has 2 aromatic carbocycles. The lowest BCUT2D eigenvalue weighted by Gasteiger charge is -2.21. The number of anilines is 2. The summed E-state index contributed by atoms with van der Waals surface area (Å²) >= 11 is 0. The van der Waals surface area contributed by atoms with Gasteiger partial charge in [-0.25, -0.2) is 9.97 Å². The zero-order valence-corrected chi connectivity index (χ0v) is 15.7. The molecular formula is C22H24N4O. The number of hydrogen-bond acceptors (Lipinski definition) is 4. The number of nitrogens with one attached hydrogen (secondary N) is 1. The lowest BCUT2D eigenvalue weighted by molar-refractivity contribution is 0.0983. The zero-order valence-electron chi connectivity index (χ0n) is 15.7. The third kappa shape index (κ3) is 4.91. The summed E-state index contributed by atoms with van der Waals surface area (Å²) in [6, 6.07) is 21.6. The predicted molar refractivity (Wildman–Crippen MR) is 109 cm³/mol. The van der Waals surface area contributed by atoms with Crippen molar-refractivity contribution >= 4 is 17.5 Å². The molecule has 0 saturated heterocycles. The summed E-state index contributed by atoms with van der Waals surface area (Å²) in [4.78, 5) is 23.6. The van der Waals surface area contributed by atoms with E-state index in [4.69, 9.17) is 0 Å². The fourth-order valence-corrected chi connectivity index (χ4v) is 2.91. The van der Waals surface area contributed by atoms with E-state index in [9.17, 15) is 4.79 Å². The first-order valence-corrected chi connectivity index (χ1v) is 9.17. The smallest absolute Gasteiger partial charge is 0.277 e. The Kier molecular flexibility index (Phi) is 6.15. The van der Waals surface area contributed by atoms with E-state index in [1.807, 2.05) is 62.4 Å². The molecule has 5 nitrogen and oxygen atoms in total. The van der Waals surface area contributed by atoms with Crippen LogP contribution in [-0.4, -0.2) is 29.0 Å². The van der Waals surface area contributed by atoms with Crippen molar-refractivity contribution < 1.29 is 4.79 Å². The van der Waals surface area contributed by atoms with E-state index >= 15 is 0 Å². The van der Waals surface area contributed by atoms with Gasteiger partial charge in [-0.1, -0.05) is 48.5 Å². The first-order chi connectivity index (χ1) is 13.2. The van der Waals surface area contributed by atoms with Crippen molar-refractivity contribution in [2.45, 2.75) is 20.3 Å². The molecule has 5 heteroatoms. The molecule has 0 aliphatic rings. The quantitative estimate of drug-likeness (QED) is 0.689. The van der Waals surface area contributed by atoms with Gasteiger partial charge in [-0.2, -0.15) is 0 Å². The summed E-state index contributed by atoms with van der Waals surface area (Å²) in [5.74, 6) is 0.360. The fourth-order valence-electron chi connectivity index (χ4n) is 2.91. The second-order valence-corrected chi connectivity index (χ2v) is 6.27. The van der Waals surface area contributed by atoms with Gasteiger partial charge in [-0.05, 0) is 44.0 Å². The average molecular weight is 360 g/mol. The molecule has 3 aromatic rings. The number of aryl methyl sites for hydroxylation is 1. The van der Waals surface area contributed by atoms with Crippen molar-refractivity contribution in [1.29, 1.82) is 0 Å². The summed E-state index contributed by atoms with van der Waals surface area (Å²) in [5.41, 5.74) is 3.27. The van der Waals surface area contributed by atoms with Gasteiger partial charge in [0.2, 0.25) is 5.95 Å². The average Bonchev–Trinajstić information content (AvgIpc) is 2.70. The van der Waals surface area contributed by atoms with Crippen molar-refractivity contribution in [3.63, 3.8) is 0 Å². The van der Waals surface area contributed by atoms with Crippen LogP contribution in [0.5, 0.6) is 0 Å². The lowest BCUT2D eigenvalue weighted by Crippen LogP contribution is -2.31. The Bertz CT molecular complexity index is 881. The molecule has 0 aliphatic heterocycles. The highest BCUT2D eigenvalue weighted by molar-refractivity contribution is 6.04.